The molecule has 21 heavy (non-hydrogen) atoms. The maximum atomic E-state index is 13.6. The molecule has 2 nitrogen and oxygen atoms in total. The third-order valence-electron chi connectivity index (χ3n) is 3.30. The molecule has 0 bridgehead atoms. The Balaban J connectivity index is 2.17. The van der Waals surface area contributed by atoms with Crippen LogP contribution in [0.25, 0.3) is 11.0 Å². The predicted octanol–water partition coefficient (Wildman–Crippen LogP) is 5.42. The Morgan fingerprint density at radius 2 is 1.86 bits per heavy atom. The van der Waals surface area contributed by atoms with Crippen molar-refractivity contribution in [3.05, 3.63) is 69.1 Å². The van der Waals surface area contributed by atoms with E-state index in [2.05, 4.69) is 0 Å². The number of aryl methyl sites for hydroxylation is 1. The Morgan fingerprint density at radius 3 is 2.57 bits per heavy atom. The van der Waals surface area contributed by atoms with Gasteiger partial charge in [0.05, 0.1) is 10.0 Å². The van der Waals surface area contributed by atoms with Crippen LogP contribution in [-0.2, 0) is 0 Å². The average Bonchev–Trinajstić information content (AvgIpc) is 2.80. The summed E-state index contributed by atoms with van der Waals surface area (Å²) in [6.07, 6.45) is 0. The minimum Gasteiger partial charge on any atom is -0.452 e. The van der Waals surface area contributed by atoms with E-state index in [9.17, 15) is 9.18 Å². The fourth-order valence-corrected chi connectivity index (χ4v) is 2.68. The molecule has 0 aliphatic carbocycles. The van der Waals surface area contributed by atoms with E-state index in [-0.39, 0.29) is 21.4 Å². The molecule has 0 atom stereocenters. The molecule has 1 aromatic heterocycles. The number of fused-ring (bicyclic) bond motifs is 1. The number of rotatable bonds is 2. The number of carbonyl (C=O) groups is 1. The molecule has 5 heteroatoms. The number of ketones is 1. The topological polar surface area (TPSA) is 30.2 Å². The van der Waals surface area contributed by atoms with Gasteiger partial charge in [-0.15, -0.1) is 0 Å². The zero-order valence-electron chi connectivity index (χ0n) is 10.9. The van der Waals surface area contributed by atoms with Crippen molar-refractivity contribution in [3.63, 3.8) is 0 Å². The largest absolute Gasteiger partial charge is 0.452 e. The minimum absolute atomic E-state index is 0.0284. The van der Waals surface area contributed by atoms with Crippen LogP contribution in [0.3, 0.4) is 0 Å². The van der Waals surface area contributed by atoms with Crippen LogP contribution in [0.5, 0.6) is 0 Å². The third kappa shape index (κ3) is 2.33. The van der Waals surface area contributed by atoms with Crippen LogP contribution < -0.4 is 0 Å². The number of furan rings is 1. The monoisotopic (exact) mass is 322 g/mol. The molecule has 0 fully saturated rings. The van der Waals surface area contributed by atoms with Crippen molar-refractivity contribution < 1.29 is 13.6 Å². The fraction of sp³-hybridized carbons (Fsp3) is 0.0625. The van der Waals surface area contributed by atoms with E-state index < -0.39 is 11.6 Å². The molecule has 0 N–H and O–H groups in total. The van der Waals surface area contributed by atoms with E-state index in [1.807, 2.05) is 18.2 Å². The summed E-state index contributed by atoms with van der Waals surface area (Å²) in [5.74, 6) is -1.01. The molecule has 0 radical (unpaired) electrons. The maximum absolute atomic E-state index is 13.6. The first-order chi connectivity index (χ1) is 9.99. The zero-order valence-corrected chi connectivity index (χ0v) is 12.4. The van der Waals surface area contributed by atoms with Crippen LogP contribution in [0.4, 0.5) is 4.39 Å². The van der Waals surface area contributed by atoms with Crippen molar-refractivity contribution >= 4 is 40.0 Å². The molecule has 0 aliphatic heterocycles. The molecule has 1 heterocycles. The SMILES string of the molecule is Cc1c(C(=O)c2cc(F)c(Cl)cc2Cl)oc2ccccc12. The molecule has 2 aromatic carbocycles. The number of hydrogen-bond acceptors (Lipinski definition) is 2. The average molecular weight is 323 g/mol. The van der Waals surface area contributed by atoms with Crippen LogP contribution >= 0.6 is 23.2 Å². The van der Waals surface area contributed by atoms with Crippen molar-refractivity contribution in [2.24, 2.45) is 0 Å². The van der Waals surface area contributed by atoms with Gasteiger partial charge in [-0.05, 0) is 25.1 Å². The second-order valence-electron chi connectivity index (χ2n) is 4.63. The summed E-state index contributed by atoms with van der Waals surface area (Å²) in [5, 5.41) is 0.801. The van der Waals surface area contributed by atoms with E-state index in [1.165, 1.54) is 6.07 Å². The molecule has 106 valence electrons. The van der Waals surface area contributed by atoms with E-state index in [1.54, 1.807) is 13.0 Å². The Kier molecular flexibility index (Phi) is 3.47. The van der Waals surface area contributed by atoms with E-state index >= 15 is 0 Å². The molecule has 3 rings (SSSR count). The van der Waals surface area contributed by atoms with Gasteiger partial charge in [0.25, 0.3) is 0 Å². The van der Waals surface area contributed by atoms with Crippen LogP contribution in [-0.4, -0.2) is 5.78 Å². The van der Waals surface area contributed by atoms with E-state index in [0.29, 0.717) is 11.1 Å². The quantitative estimate of drug-likeness (QED) is 0.466. The first kappa shape index (κ1) is 14.1. The number of carbonyl (C=O) groups excluding carboxylic acids is 1. The second kappa shape index (κ2) is 5.17. The van der Waals surface area contributed by atoms with Crippen molar-refractivity contribution in [2.75, 3.05) is 0 Å². The van der Waals surface area contributed by atoms with Crippen LogP contribution in [0.15, 0.2) is 40.8 Å². The molecular weight excluding hydrogens is 314 g/mol. The maximum Gasteiger partial charge on any atom is 0.230 e. The molecule has 0 unspecified atom stereocenters. The lowest BCUT2D eigenvalue weighted by Gasteiger charge is -2.04. The van der Waals surface area contributed by atoms with Gasteiger partial charge in [0, 0.05) is 16.5 Å². The molecule has 0 spiro atoms. The lowest BCUT2D eigenvalue weighted by Crippen LogP contribution is -2.03. The zero-order chi connectivity index (χ0) is 15.1. The Bertz CT molecular complexity index is 868. The normalized spacial score (nSPS) is 11.0. The van der Waals surface area contributed by atoms with Crippen LogP contribution in [0.1, 0.15) is 21.7 Å². The summed E-state index contributed by atoms with van der Waals surface area (Å²) < 4.78 is 19.1. The highest BCUT2D eigenvalue weighted by atomic mass is 35.5. The summed E-state index contributed by atoms with van der Waals surface area (Å²) in [5.41, 5.74) is 1.33. The van der Waals surface area contributed by atoms with Gasteiger partial charge < -0.3 is 4.42 Å². The summed E-state index contributed by atoms with van der Waals surface area (Å²) >= 11 is 11.6. The molecule has 3 aromatic rings. The number of para-hydroxylation sites is 1. The highest BCUT2D eigenvalue weighted by Crippen LogP contribution is 2.30. The molecule has 0 aliphatic rings. The Morgan fingerprint density at radius 1 is 1.14 bits per heavy atom. The summed E-state index contributed by atoms with van der Waals surface area (Å²) in [7, 11) is 0. The first-order valence-corrected chi connectivity index (χ1v) is 6.92. The van der Waals surface area contributed by atoms with Crippen molar-refractivity contribution in [3.8, 4) is 0 Å². The fourth-order valence-electron chi connectivity index (χ4n) is 2.21. The molecule has 0 saturated heterocycles. The predicted molar refractivity (Wildman–Crippen MR) is 80.8 cm³/mol. The van der Waals surface area contributed by atoms with Gasteiger partial charge in [-0.3, -0.25) is 4.79 Å². The van der Waals surface area contributed by atoms with Gasteiger partial charge in [-0.25, -0.2) is 4.39 Å². The smallest absolute Gasteiger partial charge is 0.230 e. The van der Waals surface area contributed by atoms with E-state index in [0.717, 1.165) is 11.5 Å². The van der Waals surface area contributed by atoms with Gasteiger partial charge in [-0.2, -0.15) is 0 Å². The van der Waals surface area contributed by atoms with Crippen molar-refractivity contribution in [1.82, 2.24) is 0 Å². The van der Waals surface area contributed by atoms with Crippen LogP contribution in [0.2, 0.25) is 10.0 Å². The van der Waals surface area contributed by atoms with Crippen molar-refractivity contribution in [2.45, 2.75) is 6.92 Å². The second-order valence-corrected chi connectivity index (χ2v) is 5.44. The molecule has 0 amide bonds. The lowest BCUT2D eigenvalue weighted by atomic mass is 10.0. The third-order valence-corrected chi connectivity index (χ3v) is 3.91. The van der Waals surface area contributed by atoms with Gasteiger partial charge in [0.1, 0.15) is 11.4 Å². The number of benzene rings is 2. The lowest BCUT2D eigenvalue weighted by molar-refractivity contribution is 0.101. The summed E-state index contributed by atoms with van der Waals surface area (Å²) in [6, 6.07) is 9.53. The minimum atomic E-state index is -0.696. The number of hydrogen-bond donors (Lipinski definition) is 0. The summed E-state index contributed by atoms with van der Waals surface area (Å²) in [4.78, 5) is 12.5. The molecule has 0 saturated carbocycles. The van der Waals surface area contributed by atoms with Gasteiger partial charge in [0.2, 0.25) is 5.78 Å². The number of halogens is 3. The van der Waals surface area contributed by atoms with Gasteiger partial charge in [0.15, 0.2) is 5.76 Å². The highest BCUT2D eigenvalue weighted by Gasteiger charge is 2.22. The first-order valence-electron chi connectivity index (χ1n) is 6.16. The van der Waals surface area contributed by atoms with Gasteiger partial charge in [-0.1, -0.05) is 41.4 Å². The molecular formula is C16H9Cl2FO2. The van der Waals surface area contributed by atoms with Crippen LogP contribution in [0, 0.1) is 12.7 Å². The van der Waals surface area contributed by atoms with Gasteiger partial charge >= 0.3 is 0 Å². The summed E-state index contributed by atoms with van der Waals surface area (Å²) in [6.45, 7) is 1.78. The Hall–Kier alpha value is -1.84. The Labute approximate surface area is 130 Å². The van der Waals surface area contributed by atoms with Crippen molar-refractivity contribution in [1.29, 1.82) is 0 Å². The highest BCUT2D eigenvalue weighted by molar-refractivity contribution is 6.37. The van der Waals surface area contributed by atoms with E-state index in [4.69, 9.17) is 27.6 Å². The standard InChI is InChI=1S/C16H9Cl2FO2/c1-8-9-4-2-3-5-14(9)21-16(8)15(20)10-6-13(19)12(18)7-11(10)17/h2-7H,1H3.